The Kier molecular flexibility index (Phi) is 7.78. The topological polar surface area (TPSA) is 67.5 Å². The maximum Gasteiger partial charge on any atom is 0.273 e. The van der Waals surface area contributed by atoms with Gasteiger partial charge in [0.2, 0.25) is 0 Å². The largest absolute Gasteiger partial charge is 0.493 e. The number of fused-ring (bicyclic) bond motifs is 1. The van der Waals surface area contributed by atoms with Crippen molar-refractivity contribution in [1.82, 2.24) is 15.1 Å². The number of unbranched alkanes of at least 4 members (excludes halogenated alkanes) is 3. The molecule has 0 fully saturated rings. The van der Waals surface area contributed by atoms with Crippen LogP contribution in [0.15, 0.2) is 42.5 Å². The molecule has 0 saturated carbocycles. The first kappa shape index (κ1) is 24.1. The highest BCUT2D eigenvalue weighted by atomic mass is 35.5. The number of benzene rings is 2. The molecule has 0 radical (unpaired) electrons. The van der Waals surface area contributed by atoms with Crippen molar-refractivity contribution in [2.24, 2.45) is 0 Å². The zero-order chi connectivity index (χ0) is 24.1. The molecule has 1 aromatic heterocycles. The van der Waals surface area contributed by atoms with Crippen molar-refractivity contribution in [3.8, 4) is 22.8 Å². The van der Waals surface area contributed by atoms with Crippen LogP contribution in [0.4, 0.5) is 0 Å². The first-order valence-electron chi connectivity index (χ1n) is 12.0. The molecule has 1 aliphatic heterocycles. The van der Waals surface area contributed by atoms with Crippen LogP contribution < -0.4 is 9.47 Å². The maximum atomic E-state index is 13.4. The summed E-state index contributed by atoms with van der Waals surface area (Å²) < 4.78 is 11.6. The number of hydrogen-bond acceptors (Lipinski definition) is 4. The average Bonchev–Trinajstić information content (AvgIpc) is 3.39. The molecular formula is C27H32ClN3O3. The summed E-state index contributed by atoms with van der Waals surface area (Å²) in [5.41, 5.74) is 4.10. The minimum atomic E-state index is -0.262. The van der Waals surface area contributed by atoms with Crippen molar-refractivity contribution < 1.29 is 14.3 Å². The molecule has 180 valence electrons. The normalized spacial score (nSPS) is 15.0. The SMILES string of the molecule is CCCCCN1C(=O)c2[nH]nc(-c3ccc(Cl)cc3)c2C1c1ccc(OCCCC)c(OC)c1. The van der Waals surface area contributed by atoms with Gasteiger partial charge in [0.05, 0.1) is 25.5 Å². The second-order valence-electron chi connectivity index (χ2n) is 8.59. The molecule has 6 nitrogen and oxygen atoms in total. The summed E-state index contributed by atoms with van der Waals surface area (Å²) in [6, 6.07) is 13.3. The molecule has 34 heavy (non-hydrogen) atoms. The molecule has 4 rings (SSSR count). The van der Waals surface area contributed by atoms with Crippen molar-refractivity contribution in [2.45, 2.75) is 52.0 Å². The number of carbonyl (C=O) groups is 1. The first-order chi connectivity index (χ1) is 16.6. The van der Waals surface area contributed by atoms with E-state index in [1.165, 1.54) is 0 Å². The lowest BCUT2D eigenvalue weighted by atomic mass is 9.95. The first-order valence-corrected chi connectivity index (χ1v) is 12.4. The predicted octanol–water partition coefficient (Wildman–Crippen LogP) is 6.65. The Labute approximate surface area is 206 Å². The number of hydrogen-bond donors (Lipinski definition) is 1. The summed E-state index contributed by atoms with van der Waals surface area (Å²) in [7, 11) is 1.65. The number of halogens is 1. The van der Waals surface area contributed by atoms with Crippen LogP contribution >= 0.6 is 11.6 Å². The van der Waals surface area contributed by atoms with E-state index in [0.717, 1.165) is 54.5 Å². The predicted molar refractivity (Wildman–Crippen MR) is 135 cm³/mol. The Morgan fingerprint density at radius 1 is 1.03 bits per heavy atom. The van der Waals surface area contributed by atoms with E-state index in [1.54, 1.807) is 7.11 Å². The van der Waals surface area contributed by atoms with E-state index >= 15 is 0 Å². The Morgan fingerprint density at radius 3 is 2.50 bits per heavy atom. The van der Waals surface area contributed by atoms with Crippen molar-refractivity contribution in [1.29, 1.82) is 0 Å². The smallest absolute Gasteiger partial charge is 0.273 e. The molecule has 0 spiro atoms. The molecule has 7 heteroatoms. The van der Waals surface area contributed by atoms with Crippen molar-refractivity contribution in [2.75, 3.05) is 20.3 Å². The quantitative estimate of drug-likeness (QED) is 0.311. The average molecular weight is 482 g/mol. The lowest BCUT2D eigenvalue weighted by Crippen LogP contribution is -2.30. The fraction of sp³-hybridized carbons (Fsp3) is 0.407. The monoisotopic (exact) mass is 481 g/mol. The Morgan fingerprint density at radius 2 is 1.79 bits per heavy atom. The van der Waals surface area contributed by atoms with Crippen LogP contribution in [-0.4, -0.2) is 41.3 Å². The minimum Gasteiger partial charge on any atom is -0.493 e. The van der Waals surface area contributed by atoms with E-state index in [4.69, 9.17) is 21.1 Å². The van der Waals surface area contributed by atoms with Gasteiger partial charge in [-0.25, -0.2) is 0 Å². The van der Waals surface area contributed by atoms with Gasteiger partial charge in [0, 0.05) is 22.7 Å². The number of rotatable bonds is 11. The minimum absolute atomic E-state index is 0.0222. The van der Waals surface area contributed by atoms with Crippen LogP contribution in [0.3, 0.4) is 0 Å². The fourth-order valence-corrected chi connectivity index (χ4v) is 4.56. The van der Waals surface area contributed by atoms with Gasteiger partial charge in [0.1, 0.15) is 5.69 Å². The van der Waals surface area contributed by atoms with Crippen molar-refractivity contribution in [3.05, 3.63) is 64.3 Å². The number of ether oxygens (including phenoxy) is 2. The molecule has 3 aromatic rings. The number of aromatic nitrogens is 2. The van der Waals surface area contributed by atoms with Crippen LogP contribution in [0.5, 0.6) is 11.5 Å². The highest BCUT2D eigenvalue weighted by Crippen LogP contribution is 2.44. The number of H-pyrrole nitrogens is 1. The van der Waals surface area contributed by atoms with Gasteiger partial charge in [-0.2, -0.15) is 5.10 Å². The van der Waals surface area contributed by atoms with Crippen LogP contribution in [0.1, 0.15) is 73.6 Å². The number of amides is 1. The Balaban J connectivity index is 1.76. The van der Waals surface area contributed by atoms with Gasteiger partial charge < -0.3 is 14.4 Å². The standard InChI is InChI=1S/C27H32ClN3O3/c1-4-6-8-15-31-26(19-11-14-21(22(17-19)33-3)34-16-7-5-2)23-24(29-30-25(23)27(31)32)18-9-12-20(28)13-10-18/h9-14,17,26H,4-8,15-16H2,1-3H3,(H,29,30). The molecular weight excluding hydrogens is 450 g/mol. The van der Waals surface area contributed by atoms with E-state index in [2.05, 4.69) is 24.0 Å². The third-order valence-corrected chi connectivity index (χ3v) is 6.49. The van der Waals surface area contributed by atoms with Crippen molar-refractivity contribution >= 4 is 17.5 Å². The van der Waals surface area contributed by atoms with Gasteiger partial charge in [-0.15, -0.1) is 0 Å². The Hall–Kier alpha value is -2.99. The van der Waals surface area contributed by atoms with Crippen LogP contribution in [0.25, 0.3) is 11.3 Å². The number of aromatic amines is 1. The van der Waals surface area contributed by atoms with Gasteiger partial charge in [-0.1, -0.05) is 62.9 Å². The van der Waals surface area contributed by atoms with Gasteiger partial charge in [0.15, 0.2) is 11.5 Å². The van der Waals surface area contributed by atoms with E-state index in [9.17, 15) is 4.79 Å². The molecule has 0 saturated heterocycles. The third kappa shape index (κ3) is 4.78. The molecule has 0 aliphatic carbocycles. The summed E-state index contributed by atoms with van der Waals surface area (Å²) in [5, 5.41) is 8.21. The second-order valence-corrected chi connectivity index (χ2v) is 9.02. The molecule has 2 heterocycles. The summed E-state index contributed by atoms with van der Waals surface area (Å²) in [4.78, 5) is 15.4. The highest BCUT2D eigenvalue weighted by Gasteiger charge is 2.42. The van der Waals surface area contributed by atoms with Crippen LogP contribution in [0.2, 0.25) is 5.02 Å². The second kappa shape index (κ2) is 11.0. The molecule has 1 atom stereocenters. The van der Waals surface area contributed by atoms with Crippen molar-refractivity contribution in [3.63, 3.8) is 0 Å². The molecule has 1 unspecified atom stereocenters. The van der Waals surface area contributed by atoms with Gasteiger partial charge in [-0.3, -0.25) is 9.89 Å². The highest BCUT2D eigenvalue weighted by molar-refractivity contribution is 6.30. The molecule has 1 N–H and O–H groups in total. The zero-order valence-corrected chi connectivity index (χ0v) is 20.8. The number of nitrogens with zero attached hydrogens (tertiary/aromatic N) is 2. The fourth-order valence-electron chi connectivity index (χ4n) is 4.43. The lowest BCUT2D eigenvalue weighted by molar-refractivity contribution is 0.0740. The zero-order valence-electron chi connectivity index (χ0n) is 20.1. The van der Waals surface area contributed by atoms with Crippen LogP contribution in [0, 0.1) is 0 Å². The molecule has 0 bridgehead atoms. The van der Waals surface area contributed by atoms with E-state index in [0.29, 0.717) is 35.4 Å². The lowest BCUT2D eigenvalue weighted by Gasteiger charge is -2.27. The summed E-state index contributed by atoms with van der Waals surface area (Å²) >= 11 is 6.11. The van der Waals surface area contributed by atoms with Crippen LogP contribution in [-0.2, 0) is 0 Å². The Bertz CT molecular complexity index is 1130. The summed E-state index contributed by atoms with van der Waals surface area (Å²) in [6.45, 7) is 5.62. The molecule has 1 aliphatic rings. The number of methoxy groups -OCH3 is 1. The van der Waals surface area contributed by atoms with E-state index in [-0.39, 0.29) is 11.9 Å². The third-order valence-electron chi connectivity index (χ3n) is 6.24. The number of nitrogens with one attached hydrogen (secondary N) is 1. The maximum absolute atomic E-state index is 13.4. The van der Waals surface area contributed by atoms with E-state index < -0.39 is 0 Å². The molecule has 2 aromatic carbocycles. The summed E-state index contributed by atoms with van der Waals surface area (Å²) in [5.74, 6) is 1.36. The molecule has 1 amide bonds. The van der Waals surface area contributed by atoms with Gasteiger partial charge >= 0.3 is 0 Å². The summed E-state index contributed by atoms with van der Waals surface area (Å²) in [6.07, 6.45) is 5.15. The number of carbonyl (C=O) groups excluding carboxylic acids is 1. The van der Waals surface area contributed by atoms with Gasteiger partial charge in [-0.05, 0) is 42.7 Å². The van der Waals surface area contributed by atoms with Gasteiger partial charge in [0.25, 0.3) is 5.91 Å². The van der Waals surface area contributed by atoms with E-state index in [1.807, 2.05) is 47.4 Å².